The average Bonchev–Trinajstić information content (AvgIpc) is 3.44. The maximum Gasteiger partial charge on any atom is 0.268 e. The molecule has 0 spiro atoms. The first-order valence-electron chi connectivity index (χ1n) is 10.5. The second-order valence-electron chi connectivity index (χ2n) is 7.47. The summed E-state index contributed by atoms with van der Waals surface area (Å²) in [7, 11) is 1.93. The first-order chi connectivity index (χ1) is 16.4. The largest absolute Gasteiger partial charge is 0.467 e. The van der Waals surface area contributed by atoms with Crippen LogP contribution in [0.3, 0.4) is 0 Å². The molecule has 0 aliphatic carbocycles. The molecular weight excluding hydrogens is 468 g/mol. The standard InChI is InChI=1S/C25H24N4O3S2/c1-17(30)26-18-10-12-19(13-11-18)27-25-29(15-20-7-6-14-32-20)24(31)23(34-25)16-28(2)21-8-4-5-9-22(21)33-3/h4-14,16H,15H2,1-3H3,(H,26,30)/b23-16+,27-25?. The molecule has 4 rings (SSSR count). The number of thioether (sulfide) groups is 2. The number of nitrogens with one attached hydrogen (secondary N) is 1. The van der Waals surface area contributed by atoms with Crippen molar-refractivity contribution in [1.82, 2.24) is 4.90 Å². The molecule has 2 amide bonds. The van der Waals surface area contributed by atoms with Crippen molar-refractivity contribution in [3.63, 3.8) is 0 Å². The van der Waals surface area contributed by atoms with Gasteiger partial charge in [-0.1, -0.05) is 12.1 Å². The lowest BCUT2D eigenvalue weighted by Gasteiger charge is -2.18. The summed E-state index contributed by atoms with van der Waals surface area (Å²) >= 11 is 2.98. The minimum atomic E-state index is -0.137. The van der Waals surface area contributed by atoms with E-state index in [9.17, 15) is 9.59 Å². The van der Waals surface area contributed by atoms with Crippen molar-refractivity contribution in [3.8, 4) is 0 Å². The van der Waals surface area contributed by atoms with Gasteiger partial charge in [-0.15, -0.1) is 11.8 Å². The summed E-state index contributed by atoms with van der Waals surface area (Å²) < 4.78 is 5.48. The van der Waals surface area contributed by atoms with Crippen LogP contribution in [0, 0.1) is 0 Å². The van der Waals surface area contributed by atoms with Gasteiger partial charge < -0.3 is 14.6 Å². The van der Waals surface area contributed by atoms with Crippen molar-refractivity contribution in [3.05, 3.63) is 83.8 Å². The predicted octanol–water partition coefficient (Wildman–Crippen LogP) is 5.70. The number of amides is 2. The molecule has 174 valence electrons. The second kappa shape index (κ2) is 10.7. The fourth-order valence-electron chi connectivity index (χ4n) is 3.38. The summed E-state index contributed by atoms with van der Waals surface area (Å²) in [5, 5.41) is 3.30. The van der Waals surface area contributed by atoms with E-state index in [2.05, 4.69) is 11.4 Å². The predicted molar refractivity (Wildman–Crippen MR) is 139 cm³/mol. The van der Waals surface area contributed by atoms with Gasteiger partial charge in [0.05, 0.1) is 29.1 Å². The van der Waals surface area contributed by atoms with Crippen molar-refractivity contribution in [2.45, 2.75) is 18.4 Å². The number of hydrogen-bond donors (Lipinski definition) is 1. The van der Waals surface area contributed by atoms with Gasteiger partial charge in [0.15, 0.2) is 5.17 Å². The van der Waals surface area contributed by atoms with E-state index in [0.717, 1.165) is 10.6 Å². The van der Waals surface area contributed by atoms with Crippen molar-refractivity contribution in [2.75, 3.05) is 23.5 Å². The number of aliphatic imine (C=N–C) groups is 1. The molecule has 0 atom stereocenters. The fourth-order valence-corrected chi connectivity index (χ4v) is 5.03. The van der Waals surface area contributed by atoms with Gasteiger partial charge in [-0.3, -0.25) is 14.5 Å². The topological polar surface area (TPSA) is 78.2 Å². The Morgan fingerprint density at radius 2 is 1.94 bits per heavy atom. The highest BCUT2D eigenvalue weighted by atomic mass is 32.2. The number of furan rings is 1. The monoisotopic (exact) mass is 492 g/mol. The zero-order chi connectivity index (χ0) is 24.1. The highest BCUT2D eigenvalue weighted by molar-refractivity contribution is 8.18. The lowest BCUT2D eigenvalue weighted by Crippen LogP contribution is -2.28. The first kappa shape index (κ1) is 23.7. The zero-order valence-electron chi connectivity index (χ0n) is 19.0. The van der Waals surface area contributed by atoms with E-state index in [-0.39, 0.29) is 18.4 Å². The van der Waals surface area contributed by atoms with Crippen LogP contribution in [0.2, 0.25) is 0 Å². The third-order valence-electron chi connectivity index (χ3n) is 4.97. The van der Waals surface area contributed by atoms with Gasteiger partial charge in [-0.25, -0.2) is 4.99 Å². The SMILES string of the molecule is CSc1ccccc1N(C)/C=C1/SC(=Nc2ccc(NC(C)=O)cc2)N(Cc2ccco2)C1=O. The quantitative estimate of drug-likeness (QED) is 0.337. The molecule has 1 N–H and O–H groups in total. The Kier molecular flexibility index (Phi) is 7.44. The minimum Gasteiger partial charge on any atom is -0.467 e. The van der Waals surface area contributed by atoms with Gasteiger partial charge in [-0.2, -0.15) is 0 Å². The number of anilines is 2. The lowest BCUT2D eigenvalue weighted by atomic mass is 10.3. The van der Waals surface area contributed by atoms with Gasteiger partial charge in [0.25, 0.3) is 5.91 Å². The van der Waals surface area contributed by atoms with Crippen LogP contribution < -0.4 is 10.2 Å². The molecule has 2 heterocycles. The van der Waals surface area contributed by atoms with E-state index >= 15 is 0 Å². The van der Waals surface area contributed by atoms with Crippen LogP contribution in [-0.4, -0.2) is 35.2 Å². The maximum absolute atomic E-state index is 13.4. The van der Waals surface area contributed by atoms with Gasteiger partial charge in [-0.05, 0) is 66.5 Å². The molecule has 0 unspecified atom stereocenters. The summed E-state index contributed by atoms with van der Waals surface area (Å²) in [5.74, 6) is 0.399. The van der Waals surface area contributed by atoms with Crippen molar-refractivity contribution >= 4 is 57.6 Å². The minimum absolute atomic E-state index is 0.136. The molecule has 1 aliphatic heterocycles. The highest BCUT2D eigenvalue weighted by Crippen LogP contribution is 2.36. The Hall–Kier alpha value is -3.43. The van der Waals surface area contributed by atoms with Crippen LogP contribution in [-0.2, 0) is 16.1 Å². The second-order valence-corrected chi connectivity index (χ2v) is 9.33. The molecule has 1 aromatic heterocycles. The van der Waals surface area contributed by atoms with E-state index < -0.39 is 0 Å². The summed E-state index contributed by atoms with van der Waals surface area (Å²) in [4.78, 5) is 34.6. The molecule has 9 heteroatoms. The molecule has 1 fully saturated rings. The summed E-state index contributed by atoms with van der Waals surface area (Å²) in [6.07, 6.45) is 5.46. The number of benzene rings is 2. The van der Waals surface area contributed by atoms with Crippen LogP contribution in [0.1, 0.15) is 12.7 Å². The number of nitrogens with zero attached hydrogens (tertiary/aromatic N) is 3. The molecule has 2 aromatic carbocycles. The molecule has 34 heavy (non-hydrogen) atoms. The van der Waals surface area contributed by atoms with E-state index in [0.29, 0.717) is 27.2 Å². The Balaban J connectivity index is 1.64. The lowest BCUT2D eigenvalue weighted by molar-refractivity contribution is -0.122. The summed E-state index contributed by atoms with van der Waals surface area (Å²) in [6.45, 7) is 1.74. The third-order valence-corrected chi connectivity index (χ3v) is 6.75. The van der Waals surface area contributed by atoms with Crippen molar-refractivity contribution in [1.29, 1.82) is 0 Å². The third kappa shape index (κ3) is 5.55. The smallest absolute Gasteiger partial charge is 0.268 e. The van der Waals surface area contributed by atoms with Crippen LogP contribution in [0.4, 0.5) is 17.1 Å². The van der Waals surface area contributed by atoms with Crippen LogP contribution >= 0.6 is 23.5 Å². The Morgan fingerprint density at radius 3 is 2.62 bits per heavy atom. The van der Waals surface area contributed by atoms with Crippen molar-refractivity contribution in [2.24, 2.45) is 4.99 Å². The number of para-hydroxylation sites is 1. The van der Waals surface area contributed by atoms with Crippen LogP contribution in [0.5, 0.6) is 0 Å². The number of carbonyl (C=O) groups is 2. The zero-order valence-corrected chi connectivity index (χ0v) is 20.7. The molecule has 0 radical (unpaired) electrons. The van der Waals surface area contributed by atoms with Gasteiger partial charge in [0.2, 0.25) is 5.91 Å². The van der Waals surface area contributed by atoms with Gasteiger partial charge >= 0.3 is 0 Å². The van der Waals surface area contributed by atoms with E-state index in [1.54, 1.807) is 53.3 Å². The molecule has 1 saturated heterocycles. The van der Waals surface area contributed by atoms with E-state index in [4.69, 9.17) is 9.41 Å². The van der Waals surface area contributed by atoms with Gasteiger partial charge in [0.1, 0.15) is 5.76 Å². The van der Waals surface area contributed by atoms with Crippen molar-refractivity contribution < 1.29 is 14.0 Å². The molecule has 3 aromatic rings. The number of hydrogen-bond acceptors (Lipinski definition) is 7. The van der Waals surface area contributed by atoms with Crippen LogP contribution in [0.15, 0.2) is 92.3 Å². The number of carbonyl (C=O) groups excluding carboxylic acids is 2. The fraction of sp³-hybridized carbons (Fsp3) is 0.160. The highest BCUT2D eigenvalue weighted by Gasteiger charge is 2.34. The Morgan fingerprint density at radius 1 is 1.18 bits per heavy atom. The molecular formula is C25H24N4O3S2. The molecule has 0 bridgehead atoms. The number of rotatable bonds is 7. The van der Waals surface area contributed by atoms with Gasteiger partial charge in [0, 0.05) is 30.8 Å². The van der Waals surface area contributed by atoms with E-state index in [1.807, 2.05) is 48.7 Å². The number of amidine groups is 1. The average molecular weight is 493 g/mol. The molecule has 0 saturated carbocycles. The maximum atomic E-state index is 13.4. The van der Waals surface area contributed by atoms with E-state index in [1.165, 1.54) is 18.7 Å². The Bertz CT molecular complexity index is 1240. The summed E-state index contributed by atoms with van der Waals surface area (Å²) in [5.41, 5.74) is 2.39. The first-order valence-corrected chi connectivity index (χ1v) is 12.5. The normalized spacial score (nSPS) is 15.9. The molecule has 1 aliphatic rings. The molecule has 7 nitrogen and oxygen atoms in total. The van der Waals surface area contributed by atoms with Crippen LogP contribution in [0.25, 0.3) is 0 Å². The summed E-state index contributed by atoms with van der Waals surface area (Å²) in [6, 6.07) is 18.9. The Labute approximate surface area is 206 Å².